The molecule has 2 nitrogen and oxygen atoms in total. The van der Waals surface area contributed by atoms with Crippen LogP contribution in [0.4, 0.5) is 0 Å². The Kier molecular flexibility index (Phi) is 5.24. The Balaban J connectivity index is 2.10. The number of hydrogen-bond donors (Lipinski definition) is 0. The van der Waals surface area contributed by atoms with E-state index in [1.54, 1.807) is 0 Å². The Morgan fingerprint density at radius 3 is 1.32 bits per heavy atom. The van der Waals surface area contributed by atoms with E-state index in [-0.39, 0.29) is 11.5 Å². The van der Waals surface area contributed by atoms with Crippen LogP contribution in [0, 0.1) is 7.14 Å². The van der Waals surface area contributed by atoms with Gasteiger partial charge in [0.2, 0.25) is 0 Å². The van der Waals surface area contributed by atoms with Gasteiger partial charge in [0.15, 0.2) is 9.84 Å². The zero-order chi connectivity index (χ0) is 13.9. The fourth-order valence-electron chi connectivity index (χ4n) is 1.72. The van der Waals surface area contributed by atoms with Gasteiger partial charge in [-0.15, -0.1) is 0 Å². The van der Waals surface area contributed by atoms with E-state index in [1.807, 2.05) is 48.5 Å². The second-order valence-electron chi connectivity index (χ2n) is 4.29. The fourth-order valence-corrected chi connectivity index (χ4v) is 3.94. The predicted octanol–water partition coefficient (Wildman–Crippen LogP) is 4.01. The van der Waals surface area contributed by atoms with Gasteiger partial charge in [0.05, 0.1) is 11.5 Å². The molecule has 2 aromatic rings. The van der Waals surface area contributed by atoms with Crippen LogP contribution in [-0.4, -0.2) is 8.42 Å². The highest BCUT2D eigenvalue weighted by atomic mass is 127. The molecule has 0 heterocycles. The predicted molar refractivity (Wildman–Crippen MR) is 94.6 cm³/mol. The summed E-state index contributed by atoms with van der Waals surface area (Å²) in [4.78, 5) is 0. The van der Waals surface area contributed by atoms with Gasteiger partial charge in [-0.3, -0.25) is 0 Å². The van der Waals surface area contributed by atoms with Crippen molar-refractivity contribution in [2.45, 2.75) is 11.5 Å². The maximum absolute atomic E-state index is 12.1. The third-order valence-corrected chi connectivity index (χ3v) is 5.58. The molecule has 0 aliphatic heterocycles. The summed E-state index contributed by atoms with van der Waals surface area (Å²) in [5, 5.41) is 0. The highest BCUT2D eigenvalue weighted by molar-refractivity contribution is 14.1. The summed E-state index contributed by atoms with van der Waals surface area (Å²) in [6.07, 6.45) is 0. The Morgan fingerprint density at radius 2 is 1.00 bits per heavy atom. The number of halogens is 2. The minimum atomic E-state index is -3.12. The van der Waals surface area contributed by atoms with Crippen molar-refractivity contribution in [3.8, 4) is 0 Å². The van der Waals surface area contributed by atoms with Gasteiger partial charge < -0.3 is 0 Å². The number of rotatable bonds is 4. The lowest BCUT2D eigenvalue weighted by molar-refractivity contribution is 0.594. The van der Waals surface area contributed by atoms with E-state index in [9.17, 15) is 8.42 Å². The van der Waals surface area contributed by atoms with Crippen molar-refractivity contribution in [2.75, 3.05) is 0 Å². The van der Waals surface area contributed by atoms with Gasteiger partial charge in [0.25, 0.3) is 0 Å². The first-order valence-electron chi connectivity index (χ1n) is 5.64. The van der Waals surface area contributed by atoms with Gasteiger partial charge in [0, 0.05) is 7.14 Å². The largest absolute Gasteiger partial charge is 0.228 e. The summed E-state index contributed by atoms with van der Waals surface area (Å²) >= 11 is 4.41. The highest BCUT2D eigenvalue weighted by Crippen LogP contribution is 2.15. The summed E-state index contributed by atoms with van der Waals surface area (Å²) in [7, 11) is -3.12. The topological polar surface area (TPSA) is 34.1 Å². The molecule has 0 saturated heterocycles. The molecular formula is C14H12I2O2S. The van der Waals surface area contributed by atoms with Crippen LogP contribution in [0.1, 0.15) is 11.1 Å². The second kappa shape index (κ2) is 6.53. The second-order valence-corrected chi connectivity index (χ2v) is 8.84. The molecule has 5 heteroatoms. The number of benzene rings is 2. The lowest BCUT2D eigenvalue weighted by Crippen LogP contribution is -2.07. The van der Waals surface area contributed by atoms with Gasteiger partial charge in [0.1, 0.15) is 0 Å². The lowest BCUT2D eigenvalue weighted by Gasteiger charge is -2.05. The molecule has 0 saturated carbocycles. The molecule has 0 aliphatic carbocycles. The molecule has 0 aliphatic rings. The molecule has 0 radical (unpaired) electrons. The van der Waals surface area contributed by atoms with Crippen molar-refractivity contribution in [3.63, 3.8) is 0 Å². The first-order chi connectivity index (χ1) is 8.94. The average molecular weight is 498 g/mol. The molecule has 0 atom stereocenters. The fraction of sp³-hybridized carbons (Fsp3) is 0.143. The van der Waals surface area contributed by atoms with Crippen molar-refractivity contribution in [3.05, 3.63) is 66.8 Å². The van der Waals surface area contributed by atoms with E-state index < -0.39 is 9.84 Å². The van der Waals surface area contributed by atoms with E-state index in [0.29, 0.717) is 0 Å². The van der Waals surface area contributed by atoms with Crippen LogP contribution in [0.5, 0.6) is 0 Å². The van der Waals surface area contributed by atoms with Crippen LogP contribution >= 0.6 is 45.2 Å². The zero-order valence-electron chi connectivity index (χ0n) is 10.0. The van der Waals surface area contributed by atoms with Gasteiger partial charge in [-0.25, -0.2) is 8.42 Å². The minimum absolute atomic E-state index is 0.0932. The van der Waals surface area contributed by atoms with E-state index >= 15 is 0 Å². The standard InChI is InChI=1S/C14H12I2O2S/c15-13-5-1-11(2-6-13)9-19(17,18)10-12-3-7-14(16)8-4-12/h1-8H,9-10H2. The minimum Gasteiger partial charge on any atom is -0.228 e. The summed E-state index contributed by atoms with van der Waals surface area (Å²) in [6.45, 7) is 0. The van der Waals surface area contributed by atoms with E-state index in [4.69, 9.17) is 0 Å². The molecule has 0 spiro atoms. The van der Waals surface area contributed by atoms with Gasteiger partial charge in [-0.05, 0) is 80.6 Å². The normalized spacial score (nSPS) is 11.5. The van der Waals surface area contributed by atoms with Crippen LogP contribution in [0.3, 0.4) is 0 Å². The monoisotopic (exact) mass is 498 g/mol. The third kappa shape index (κ3) is 5.03. The van der Waals surface area contributed by atoms with Gasteiger partial charge in [-0.1, -0.05) is 24.3 Å². The zero-order valence-corrected chi connectivity index (χ0v) is 15.1. The summed E-state index contributed by atoms with van der Waals surface area (Å²) < 4.78 is 26.5. The summed E-state index contributed by atoms with van der Waals surface area (Å²) in [5.41, 5.74) is 1.68. The van der Waals surface area contributed by atoms with Crippen molar-refractivity contribution >= 4 is 55.0 Å². The van der Waals surface area contributed by atoms with E-state index in [0.717, 1.165) is 18.3 Å². The number of sulfone groups is 1. The third-order valence-electron chi connectivity index (χ3n) is 2.60. The molecular weight excluding hydrogens is 486 g/mol. The Morgan fingerprint density at radius 1 is 0.684 bits per heavy atom. The first-order valence-corrected chi connectivity index (χ1v) is 9.62. The molecule has 100 valence electrons. The van der Waals surface area contributed by atoms with Crippen LogP contribution in [0.2, 0.25) is 0 Å². The molecule has 2 aromatic carbocycles. The van der Waals surface area contributed by atoms with Crippen molar-refractivity contribution in [1.29, 1.82) is 0 Å². The quantitative estimate of drug-likeness (QED) is 0.598. The SMILES string of the molecule is O=S(=O)(Cc1ccc(I)cc1)Cc1ccc(I)cc1. The molecule has 0 fully saturated rings. The van der Waals surface area contributed by atoms with Gasteiger partial charge >= 0.3 is 0 Å². The lowest BCUT2D eigenvalue weighted by atomic mass is 10.2. The maximum atomic E-state index is 12.1. The molecule has 0 aromatic heterocycles. The van der Waals surface area contributed by atoms with E-state index in [1.165, 1.54) is 0 Å². The van der Waals surface area contributed by atoms with E-state index in [2.05, 4.69) is 45.2 Å². The highest BCUT2D eigenvalue weighted by Gasteiger charge is 2.13. The number of hydrogen-bond acceptors (Lipinski definition) is 2. The maximum Gasteiger partial charge on any atom is 0.158 e. The van der Waals surface area contributed by atoms with Crippen LogP contribution in [-0.2, 0) is 21.3 Å². The summed E-state index contributed by atoms with van der Waals surface area (Å²) in [6, 6.07) is 15.2. The van der Waals surface area contributed by atoms with Crippen LogP contribution in [0.25, 0.3) is 0 Å². The van der Waals surface area contributed by atoms with Crippen LogP contribution < -0.4 is 0 Å². The Labute approximate surface area is 140 Å². The summed E-state index contributed by atoms with van der Waals surface area (Å²) in [5.74, 6) is 0.186. The average Bonchev–Trinajstić information content (AvgIpc) is 2.34. The molecule has 19 heavy (non-hydrogen) atoms. The van der Waals surface area contributed by atoms with Crippen molar-refractivity contribution < 1.29 is 8.42 Å². The van der Waals surface area contributed by atoms with Gasteiger partial charge in [-0.2, -0.15) is 0 Å². The van der Waals surface area contributed by atoms with Crippen LogP contribution in [0.15, 0.2) is 48.5 Å². The molecule has 0 unspecified atom stereocenters. The Hall–Kier alpha value is -0.150. The Bertz CT molecular complexity index is 593. The van der Waals surface area contributed by atoms with Crippen molar-refractivity contribution in [1.82, 2.24) is 0 Å². The molecule has 0 N–H and O–H groups in total. The smallest absolute Gasteiger partial charge is 0.158 e. The molecule has 2 rings (SSSR count). The molecule has 0 bridgehead atoms. The van der Waals surface area contributed by atoms with Crippen molar-refractivity contribution in [2.24, 2.45) is 0 Å². The first kappa shape index (κ1) is 15.2. The molecule has 0 amide bonds.